The first kappa shape index (κ1) is 12.3. The van der Waals surface area contributed by atoms with Crippen LogP contribution < -0.4 is 5.32 Å². The van der Waals surface area contributed by atoms with Crippen LogP contribution in [0.1, 0.15) is 5.56 Å². The summed E-state index contributed by atoms with van der Waals surface area (Å²) in [7, 11) is 0. The van der Waals surface area contributed by atoms with Crippen molar-refractivity contribution in [1.82, 2.24) is 4.98 Å². The van der Waals surface area contributed by atoms with Gasteiger partial charge in [0.05, 0.1) is 10.5 Å². The Kier molecular flexibility index (Phi) is 4.54. The third-order valence-corrected chi connectivity index (χ3v) is 2.40. The fraction of sp³-hybridized carbons (Fsp3) is 0.333. The standard InChI is InChI=1S/C9H10N4O2S/c1-16-3-2-11-9-8(13(14)15)4-7(5-10)6-12-9/h4,6H,2-3H2,1H3,(H,11,12). The molecule has 1 N–H and O–H groups in total. The fourth-order valence-corrected chi connectivity index (χ4v) is 1.37. The number of nitro groups is 1. The highest BCUT2D eigenvalue weighted by molar-refractivity contribution is 7.98. The zero-order valence-electron chi connectivity index (χ0n) is 8.64. The van der Waals surface area contributed by atoms with Crippen LogP contribution in [0.3, 0.4) is 0 Å². The van der Waals surface area contributed by atoms with E-state index in [0.717, 1.165) is 5.75 Å². The van der Waals surface area contributed by atoms with Crippen LogP contribution in [0, 0.1) is 21.4 Å². The van der Waals surface area contributed by atoms with E-state index in [-0.39, 0.29) is 17.1 Å². The lowest BCUT2D eigenvalue weighted by Gasteiger charge is -2.04. The lowest BCUT2D eigenvalue weighted by molar-refractivity contribution is -0.384. The van der Waals surface area contributed by atoms with Gasteiger partial charge in [-0.25, -0.2) is 4.98 Å². The molecule has 0 aliphatic rings. The van der Waals surface area contributed by atoms with E-state index in [9.17, 15) is 10.1 Å². The van der Waals surface area contributed by atoms with Gasteiger partial charge in [0, 0.05) is 24.6 Å². The molecule has 0 saturated heterocycles. The number of nitrogens with zero attached hydrogens (tertiary/aromatic N) is 3. The van der Waals surface area contributed by atoms with Gasteiger partial charge in [0.1, 0.15) is 6.07 Å². The Morgan fingerprint density at radius 1 is 1.75 bits per heavy atom. The molecule has 6 nitrogen and oxygen atoms in total. The minimum atomic E-state index is -0.546. The smallest absolute Gasteiger partial charge is 0.312 e. The van der Waals surface area contributed by atoms with Gasteiger partial charge in [0.15, 0.2) is 0 Å². The van der Waals surface area contributed by atoms with Gasteiger partial charge in [-0.1, -0.05) is 0 Å². The first-order valence-corrected chi connectivity index (χ1v) is 5.85. The number of anilines is 1. The van der Waals surface area contributed by atoms with Gasteiger partial charge in [0.2, 0.25) is 5.82 Å². The summed E-state index contributed by atoms with van der Waals surface area (Å²) in [4.78, 5) is 14.0. The molecule has 0 unspecified atom stereocenters. The van der Waals surface area contributed by atoms with Crippen molar-refractivity contribution in [2.45, 2.75) is 0 Å². The highest BCUT2D eigenvalue weighted by atomic mass is 32.2. The molecule has 0 aliphatic carbocycles. The van der Waals surface area contributed by atoms with Crippen molar-refractivity contribution in [1.29, 1.82) is 5.26 Å². The monoisotopic (exact) mass is 238 g/mol. The molecule has 0 spiro atoms. The van der Waals surface area contributed by atoms with Gasteiger partial charge in [-0.2, -0.15) is 17.0 Å². The predicted molar refractivity (Wildman–Crippen MR) is 62.5 cm³/mol. The van der Waals surface area contributed by atoms with E-state index in [1.54, 1.807) is 11.8 Å². The number of aromatic nitrogens is 1. The van der Waals surface area contributed by atoms with Crippen molar-refractivity contribution in [3.8, 4) is 6.07 Å². The number of rotatable bonds is 5. The van der Waals surface area contributed by atoms with Crippen LogP contribution in [0.4, 0.5) is 11.5 Å². The van der Waals surface area contributed by atoms with E-state index in [1.807, 2.05) is 12.3 Å². The number of hydrogen-bond acceptors (Lipinski definition) is 6. The topological polar surface area (TPSA) is 91.8 Å². The maximum Gasteiger partial charge on any atom is 0.312 e. The first-order valence-electron chi connectivity index (χ1n) is 4.46. The van der Waals surface area contributed by atoms with Gasteiger partial charge in [0.25, 0.3) is 0 Å². The van der Waals surface area contributed by atoms with Crippen LogP contribution >= 0.6 is 11.8 Å². The molecule has 0 atom stereocenters. The Balaban J connectivity index is 2.91. The summed E-state index contributed by atoms with van der Waals surface area (Å²) in [6.07, 6.45) is 3.26. The molecule has 7 heteroatoms. The second-order valence-electron chi connectivity index (χ2n) is 2.88. The molecule has 0 bridgehead atoms. The van der Waals surface area contributed by atoms with Crippen LogP contribution in [0.25, 0.3) is 0 Å². The van der Waals surface area contributed by atoms with Crippen molar-refractivity contribution < 1.29 is 4.92 Å². The average Bonchev–Trinajstić information content (AvgIpc) is 2.29. The van der Waals surface area contributed by atoms with Crippen LogP contribution in [0.2, 0.25) is 0 Å². The summed E-state index contributed by atoms with van der Waals surface area (Å²) in [5.41, 5.74) is 0.0160. The highest BCUT2D eigenvalue weighted by Gasteiger charge is 2.15. The number of pyridine rings is 1. The highest BCUT2D eigenvalue weighted by Crippen LogP contribution is 2.22. The largest absolute Gasteiger partial charge is 0.364 e. The van der Waals surface area contributed by atoms with E-state index >= 15 is 0 Å². The summed E-state index contributed by atoms with van der Waals surface area (Å²) in [5, 5.41) is 22.2. The molecule has 16 heavy (non-hydrogen) atoms. The predicted octanol–water partition coefficient (Wildman–Crippen LogP) is 1.64. The average molecular weight is 238 g/mol. The third-order valence-electron chi connectivity index (χ3n) is 1.79. The Labute approximate surface area is 96.8 Å². The Morgan fingerprint density at radius 2 is 2.50 bits per heavy atom. The first-order chi connectivity index (χ1) is 7.69. The second-order valence-corrected chi connectivity index (χ2v) is 3.87. The maximum atomic E-state index is 10.7. The fourth-order valence-electron chi connectivity index (χ4n) is 1.06. The lowest BCUT2D eigenvalue weighted by Crippen LogP contribution is -2.08. The van der Waals surface area contributed by atoms with E-state index in [1.165, 1.54) is 12.3 Å². The van der Waals surface area contributed by atoms with Crippen LogP contribution in [-0.2, 0) is 0 Å². The molecule has 0 fully saturated rings. The molecule has 0 radical (unpaired) electrons. The van der Waals surface area contributed by atoms with Gasteiger partial charge >= 0.3 is 5.69 Å². The molecule has 1 rings (SSSR count). The van der Waals surface area contributed by atoms with Crippen LogP contribution in [0.15, 0.2) is 12.3 Å². The molecular weight excluding hydrogens is 228 g/mol. The SMILES string of the molecule is CSCCNc1ncc(C#N)cc1[N+](=O)[O-]. The molecule has 0 aliphatic heterocycles. The number of nitrogens with one attached hydrogen (secondary N) is 1. The van der Waals surface area contributed by atoms with Gasteiger partial charge in [-0.05, 0) is 6.26 Å². The van der Waals surface area contributed by atoms with Gasteiger partial charge in [-0.15, -0.1) is 0 Å². The van der Waals surface area contributed by atoms with Crippen LogP contribution in [-0.4, -0.2) is 28.5 Å². The molecule has 0 aromatic carbocycles. The molecule has 1 aromatic heterocycles. The van der Waals surface area contributed by atoms with E-state index in [0.29, 0.717) is 6.54 Å². The van der Waals surface area contributed by atoms with Crippen molar-refractivity contribution in [2.75, 3.05) is 23.9 Å². The minimum absolute atomic E-state index is 0.167. The Bertz CT molecular complexity index is 430. The minimum Gasteiger partial charge on any atom is -0.364 e. The van der Waals surface area contributed by atoms with E-state index in [4.69, 9.17) is 5.26 Å². The molecule has 1 heterocycles. The molecule has 0 amide bonds. The van der Waals surface area contributed by atoms with Crippen molar-refractivity contribution in [3.05, 3.63) is 27.9 Å². The number of hydrogen-bond donors (Lipinski definition) is 1. The zero-order chi connectivity index (χ0) is 12.0. The Hall–Kier alpha value is -1.81. The molecule has 84 valence electrons. The molecular formula is C9H10N4O2S. The van der Waals surface area contributed by atoms with Crippen molar-refractivity contribution >= 4 is 23.3 Å². The van der Waals surface area contributed by atoms with E-state index < -0.39 is 4.92 Å². The van der Waals surface area contributed by atoms with Crippen LogP contribution in [0.5, 0.6) is 0 Å². The summed E-state index contributed by atoms with van der Waals surface area (Å²) >= 11 is 1.63. The van der Waals surface area contributed by atoms with Gasteiger partial charge < -0.3 is 5.32 Å². The zero-order valence-corrected chi connectivity index (χ0v) is 9.45. The number of nitriles is 1. The summed E-state index contributed by atoms with van der Waals surface area (Å²) in [6, 6.07) is 3.03. The van der Waals surface area contributed by atoms with Crippen molar-refractivity contribution in [2.24, 2.45) is 0 Å². The third kappa shape index (κ3) is 3.10. The van der Waals surface area contributed by atoms with E-state index in [2.05, 4.69) is 10.3 Å². The number of thioether (sulfide) groups is 1. The quantitative estimate of drug-likeness (QED) is 0.476. The lowest BCUT2D eigenvalue weighted by atomic mass is 10.3. The summed E-state index contributed by atoms with van der Waals surface area (Å²) < 4.78 is 0. The van der Waals surface area contributed by atoms with Gasteiger partial charge in [-0.3, -0.25) is 10.1 Å². The molecule has 0 saturated carbocycles. The second kappa shape index (κ2) is 5.92. The van der Waals surface area contributed by atoms with Crippen molar-refractivity contribution in [3.63, 3.8) is 0 Å². The summed E-state index contributed by atoms with van der Waals surface area (Å²) in [6.45, 7) is 0.598. The Morgan fingerprint density at radius 3 is 3.06 bits per heavy atom. The summed E-state index contributed by atoms with van der Waals surface area (Å²) in [5.74, 6) is 1.04. The maximum absolute atomic E-state index is 10.7. The normalized spacial score (nSPS) is 9.50. The molecule has 1 aromatic rings.